The first kappa shape index (κ1) is 22.1. The Morgan fingerprint density at radius 3 is 2.56 bits per heavy atom. The van der Waals surface area contributed by atoms with Crippen LogP contribution in [-0.2, 0) is 14.3 Å². The molecule has 9 heteroatoms. The van der Waals surface area contributed by atoms with Gasteiger partial charge in [0, 0.05) is 4.47 Å². The van der Waals surface area contributed by atoms with Crippen LogP contribution < -0.4 is 15.7 Å². The highest BCUT2D eigenvalue weighted by molar-refractivity contribution is 9.10. The van der Waals surface area contributed by atoms with Gasteiger partial charge in [-0.15, -0.1) is 11.6 Å². The van der Waals surface area contributed by atoms with E-state index in [0.29, 0.717) is 16.5 Å². The van der Waals surface area contributed by atoms with Crippen LogP contribution in [0.15, 0.2) is 73.7 Å². The molecule has 1 aliphatic rings. The second kappa shape index (κ2) is 9.18. The highest BCUT2D eigenvalue weighted by Gasteiger charge is 2.40. The zero-order chi connectivity index (χ0) is 22.8. The molecule has 2 aromatic carbocycles. The van der Waals surface area contributed by atoms with Crippen molar-refractivity contribution in [3.05, 3.63) is 86.0 Å². The first-order chi connectivity index (χ1) is 15.4. The van der Waals surface area contributed by atoms with Gasteiger partial charge in [0.15, 0.2) is 5.75 Å². The van der Waals surface area contributed by atoms with Gasteiger partial charge in [-0.3, -0.25) is 10.1 Å². The summed E-state index contributed by atoms with van der Waals surface area (Å²) in [7, 11) is 0. The molecule has 0 fully saturated rings. The molecule has 1 aromatic heterocycles. The van der Waals surface area contributed by atoms with Crippen LogP contribution in [-0.4, -0.2) is 24.4 Å². The zero-order valence-electron chi connectivity index (χ0n) is 16.8. The third kappa shape index (κ3) is 4.03. The number of hydrogen-bond donors (Lipinski definition) is 1. The van der Waals surface area contributed by atoms with Crippen LogP contribution in [0.3, 0.4) is 0 Å². The number of amides is 1. The molecule has 2 heterocycles. The third-order valence-electron chi connectivity index (χ3n) is 4.90. The summed E-state index contributed by atoms with van der Waals surface area (Å²) < 4.78 is 17.6. The maximum Gasteiger partial charge on any atom is 0.344 e. The van der Waals surface area contributed by atoms with E-state index < -0.39 is 23.4 Å². The summed E-state index contributed by atoms with van der Waals surface area (Å²) in [5, 5.41) is 3.06. The van der Waals surface area contributed by atoms with Gasteiger partial charge in [-0.2, -0.15) is 0 Å². The average molecular weight is 519 g/mol. The Hall–Kier alpha value is -3.10. The molecule has 3 aromatic rings. The normalized spacial score (nSPS) is 15.2. The summed E-state index contributed by atoms with van der Waals surface area (Å²) >= 11 is 9.07. The molecule has 1 atom stereocenters. The minimum absolute atomic E-state index is 0.0253. The maximum absolute atomic E-state index is 13.1. The smallest absolute Gasteiger partial charge is 0.344 e. The monoisotopic (exact) mass is 517 g/mol. The lowest BCUT2D eigenvalue weighted by Crippen LogP contribution is -2.36. The predicted molar refractivity (Wildman–Crippen MR) is 122 cm³/mol. The number of carbonyl (C=O) groups is 2. The summed E-state index contributed by atoms with van der Waals surface area (Å²) in [5.41, 5.74) is 0.381. The van der Waals surface area contributed by atoms with Gasteiger partial charge in [-0.05, 0) is 36.8 Å². The van der Waals surface area contributed by atoms with Crippen molar-refractivity contribution in [2.45, 2.75) is 12.8 Å². The highest BCUT2D eigenvalue weighted by Crippen LogP contribution is 2.44. The van der Waals surface area contributed by atoms with Crippen molar-refractivity contribution in [3.8, 4) is 5.75 Å². The van der Waals surface area contributed by atoms with Gasteiger partial charge in [0.1, 0.15) is 17.0 Å². The molecule has 1 N–H and O–H groups in total. The number of carbonyl (C=O) groups excluding carboxylic acids is 2. The fraction of sp³-hybridized carbons (Fsp3) is 0.174. The second-order valence-electron chi connectivity index (χ2n) is 6.86. The largest absolute Gasteiger partial charge is 0.462 e. The van der Waals surface area contributed by atoms with Crippen molar-refractivity contribution in [3.63, 3.8) is 0 Å². The number of esters is 1. The van der Waals surface area contributed by atoms with Crippen molar-refractivity contribution >= 4 is 50.4 Å². The summed E-state index contributed by atoms with van der Waals surface area (Å²) in [6, 6.07) is 13.9. The molecule has 0 bridgehead atoms. The molecular formula is C23H17BrClNO6. The van der Waals surface area contributed by atoms with Gasteiger partial charge < -0.3 is 13.9 Å². The van der Waals surface area contributed by atoms with Gasteiger partial charge >= 0.3 is 11.6 Å². The number of ether oxygens (including phenoxy) is 2. The molecule has 4 rings (SSSR count). The predicted octanol–water partition coefficient (Wildman–Crippen LogP) is 4.21. The summed E-state index contributed by atoms with van der Waals surface area (Å²) in [6.45, 7) is 1.74. The molecule has 0 unspecified atom stereocenters. The highest BCUT2D eigenvalue weighted by atomic mass is 79.9. The lowest BCUT2D eigenvalue weighted by Gasteiger charge is -2.29. The number of halogens is 2. The zero-order valence-corrected chi connectivity index (χ0v) is 19.2. The SMILES string of the molecule is CCOC(=O)C1=C(NC(=O)CCl)Oc2c(c(=O)oc3ccccc23)[C@H]1c1ccc(Br)cc1. The van der Waals surface area contributed by atoms with Crippen molar-refractivity contribution in [2.24, 2.45) is 0 Å². The van der Waals surface area contributed by atoms with E-state index in [1.165, 1.54) is 0 Å². The molecule has 1 amide bonds. The van der Waals surface area contributed by atoms with E-state index in [9.17, 15) is 14.4 Å². The Morgan fingerprint density at radius 2 is 1.88 bits per heavy atom. The number of hydrogen-bond acceptors (Lipinski definition) is 6. The minimum Gasteiger partial charge on any atom is -0.462 e. The van der Waals surface area contributed by atoms with Crippen molar-refractivity contribution < 1.29 is 23.5 Å². The van der Waals surface area contributed by atoms with Gasteiger partial charge in [0.05, 0.1) is 23.5 Å². The van der Waals surface area contributed by atoms with Crippen LogP contribution in [0.25, 0.3) is 11.0 Å². The first-order valence-corrected chi connectivity index (χ1v) is 11.0. The van der Waals surface area contributed by atoms with Crippen LogP contribution >= 0.6 is 27.5 Å². The van der Waals surface area contributed by atoms with E-state index in [1.54, 1.807) is 55.5 Å². The molecule has 0 saturated heterocycles. The molecule has 7 nitrogen and oxygen atoms in total. The first-order valence-electron chi connectivity index (χ1n) is 9.70. The number of fused-ring (bicyclic) bond motifs is 3. The van der Waals surface area contributed by atoms with Crippen molar-refractivity contribution in [2.75, 3.05) is 12.5 Å². The number of rotatable bonds is 5. The molecule has 0 aliphatic carbocycles. The van der Waals surface area contributed by atoms with Gasteiger partial charge in [-0.25, -0.2) is 9.59 Å². The second-order valence-corrected chi connectivity index (χ2v) is 8.04. The minimum atomic E-state index is -0.905. The van der Waals surface area contributed by atoms with Crippen molar-refractivity contribution in [1.29, 1.82) is 0 Å². The Morgan fingerprint density at radius 1 is 1.16 bits per heavy atom. The van der Waals surface area contributed by atoms with E-state index in [0.717, 1.165) is 4.47 Å². The topological polar surface area (TPSA) is 94.8 Å². The molecule has 32 heavy (non-hydrogen) atoms. The lowest BCUT2D eigenvalue weighted by molar-refractivity contribution is -0.139. The van der Waals surface area contributed by atoms with E-state index in [1.807, 2.05) is 0 Å². The van der Waals surface area contributed by atoms with Crippen LogP contribution in [0, 0.1) is 0 Å². The average Bonchev–Trinajstić information content (AvgIpc) is 2.79. The molecular weight excluding hydrogens is 502 g/mol. The number of nitrogens with one attached hydrogen (secondary N) is 1. The van der Waals surface area contributed by atoms with E-state index in [-0.39, 0.29) is 35.3 Å². The molecule has 0 saturated carbocycles. The van der Waals surface area contributed by atoms with Crippen LogP contribution in [0.4, 0.5) is 0 Å². The van der Waals surface area contributed by atoms with Crippen LogP contribution in [0.5, 0.6) is 5.75 Å². The Balaban J connectivity index is 2.05. The quantitative estimate of drug-likeness (QED) is 0.309. The third-order valence-corrected chi connectivity index (χ3v) is 5.67. The van der Waals surface area contributed by atoms with Crippen LogP contribution in [0.1, 0.15) is 24.0 Å². The summed E-state index contributed by atoms with van der Waals surface area (Å²) in [4.78, 5) is 38.3. The number of para-hydroxylation sites is 1. The Kier molecular flexibility index (Phi) is 6.34. The Bertz CT molecular complexity index is 1300. The summed E-state index contributed by atoms with van der Waals surface area (Å²) in [5.74, 6) is -2.50. The van der Waals surface area contributed by atoms with E-state index in [4.69, 9.17) is 25.5 Å². The standard InChI is InChI=1S/C23H17BrClNO6/c1-2-30-22(28)19-17(12-7-9-13(24)10-8-12)18-20(32-21(19)26-16(27)11-25)14-5-3-4-6-15(14)31-23(18)29/h3-10,17H,2,11H2,1H3,(H,26,27)/t17-/m1/s1. The Labute approximate surface area is 196 Å². The number of benzene rings is 2. The molecule has 0 radical (unpaired) electrons. The van der Waals surface area contributed by atoms with E-state index in [2.05, 4.69) is 21.2 Å². The lowest BCUT2D eigenvalue weighted by atomic mass is 9.83. The van der Waals surface area contributed by atoms with E-state index >= 15 is 0 Å². The number of alkyl halides is 1. The van der Waals surface area contributed by atoms with Gasteiger partial charge in [0.2, 0.25) is 11.8 Å². The molecule has 1 aliphatic heterocycles. The summed E-state index contributed by atoms with van der Waals surface area (Å²) in [6.07, 6.45) is 0. The maximum atomic E-state index is 13.1. The fourth-order valence-corrected chi connectivity index (χ4v) is 3.92. The molecule has 164 valence electrons. The molecule has 0 spiro atoms. The van der Waals surface area contributed by atoms with Crippen LogP contribution in [0.2, 0.25) is 0 Å². The van der Waals surface area contributed by atoms with Crippen molar-refractivity contribution in [1.82, 2.24) is 5.32 Å². The van der Waals surface area contributed by atoms with Gasteiger partial charge in [0.25, 0.3) is 0 Å². The fourth-order valence-electron chi connectivity index (χ4n) is 3.59. The van der Waals surface area contributed by atoms with Gasteiger partial charge in [-0.1, -0.05) is 40.2 Å².